The van der Waals surface area contributed by atoms with Crippen molar-refractivity contribution in [3.05, 3.63) is 41.8 Å². The van der Waals surface area contributed by atoms with Crippen LogP contribution in [-0.4, -0.2) is 22.2 Å². The topological polar surface area (TPSA) is 58.3 Å². The molecule has 0 saturated carbocycles. The second kappa shape index (κ2) is 6.20. The van der Waals surface area contributed by atoms with Crippen LogP contribution in [0.5, 0.6) is 0 Å². The van der Waals surface area contributed by atoms with Crippen molar-refractivity contribution < 1.29 is 9.52 Å². The van der Waals surface area contributed by atoms with Crippen molar-refractivity contribution in [3.8, 4) is 11.5 Å². The fraction of sp³-hybridized carbons (Fsp3) is 0.438. The first kappa shape index (κ1) is 14.8. The molecule has 0 aliphatic carbocycles. The summed E-state index contributed by atoms with van der Waals surface area (Å²) in [6.45, 7) is 6.78. The molecule has 2 rings (SSSR count). The number of aliphatic hydroxyl groups excluding tert-OH is 1. The van der Waals surface area contributed by atoms with E-state index in [-0.39, 0.29) is 12.1 Å². The third kappa shape index (κ3) is 3.46. The summed E-state index contributed by atoms with van der Waals surface area (Å²) in [5, 5.41) is 12.7. The van der Waals surface area contributed by atoms with Gasteiger partial charge in [-0.25, -0.2) is 4.98 Å². The molecule has 108 valence electrons. The number of hydrogen-bond donors (Lipinski definition) is 2. The van der Waals surface area contributed by atoms with E-state index in [9.17, 15) is 5.11 Å². The highest BCUT2D eigenvalue weighted by molar-refractivity contribution is 5.53. The summed E-state index contributed by atoms with van der Waals surface area (Å²) in [7, 11) is 0. The summed E-state index contributed by atoms with van der Waals surface area (Å²) < 4.78 is 5.51. The quantitative estimate of drug-likeness (QED) is 0.850. The molecule has 0 radical (unpaired) electrons. The van der Waals surface area contributed by atoms with Gasteiger partial charge >= 0.3 is 0 Å². The Kier molecular flexibility index (Phi) is 4.57. The highest BCUT2D eigenvalue weighted by Gasteiger charge is 2.20. The number of aryl methyl sites for hydroxylation is 1. The maximum atomic E-state index is 9.37. The summed E-state index contributed by atoms with van der Waals surface area (Å²) in [6.07, 6.45) is 2.52. The number of nitrogens with one attached hydrogen (secondary N) is 1. The van der Waals surface area contributed by atoms with Gasteiger partial charge in [0.2, 0.25) is 5.89 Å². The molecule has 0 bridgehead atoms. The number of aromatic nitrogens is 1. The van der Waals surface area contributed by atoms with Gasteiger partial charge in [0.1, 0.15) is 6.26 Å². The first-order chi connectivity index (χ1) is 9.56. The molecule has 20 heavy (non-hydrogen) atoms. The number of oxazole rings is 1. The van der Waals surface area contributed by atoms with Crippen molar-refractivity contribution in [2.45, 2.75) is 39.3 Å². The lowest BCUT2D eigenvalue weighted by molar-refractivity contribution is 0.168. The van der Waals surface area contributed by atoms with Gasteiger partial charge in [-0.1, -0.05) is 24.6 Å². The molecule has 0 spiro atoms. The van der Waals surface area contributed by atoms with Crippen LogP contribution in [0.15, 0.2) is 34.9 Å². The van der Waals surface area contributed by atoms with E-state index < -0.39 is 0 Å². The molecule has 2 N–H and O–H groups in total. The van der Waals surface area contributed by atoms with E-state index in [0.29, 0.717) is 12.4 Å². The average Bonchev–Trinajstić information content (AvgIpc) is 2.94. The van der Waals surface area contributed by atoms with Crippen molar-refractivity contribution >= 4 is 0 Å². The van der Waals surface area contributed by atoms with E-state index >= 15 is 0 Å². The van der Waals surface area contributed by atoms with Gasteiger partial charge in [0.15, 0.2) is 0 Å². The molecule has 4 nitrogen and oxygen atoms in total. The largest absolute Gasteiger partial charge is 0.444 e. The number of aliphatic hydroxyl groups is 1. The van der Waals surface area contributed by atoms with E-state index in [0.717, 1.165) is 17.7 Å². The van der Waals surface area contributed by atoms with E-state index in [4.69, 9.17) is 4.42 Å². The van der Waals surface area contributed by atoms with Crippen molar-refractivity contribution in [2.24, 2.45) is 0 Å². The molecule has 0 aliphatic heterocycles. The third-order valence-corrected chi connectivity index (χ3v) is 3.68. The molecular formula is C16H22N2O2. The summed E-state index contributed by atoms with van der Waals surface area (Å²) in [4.78, 5) is 4.47. The monoisotopic (exact) mass is 274 g/mol. The van der Waals surface area contributed by atoms with Gasteiger partial charge in [-0.2, -0.15) is 0 Å². The minimum absolute atomic E-state index is 0.103. The minimum Gasteiger partial charge on any atom is -0.444 e. The average molecular weight is 274 g/mol. The molecule has 1 aromatic heterocycles. The summed E-state index contributed by atoms with van der Waals surface area (Å²) >= 11 is 0. The molecule has 1 atom stereocenters. The molecule has 0 saturated heterocycles. The standard InChI is InChI=1S/C16H22N2O2/c1-4-16(3,11-19)17-9-14-10-20-15(18-14)13-7-5-12(2)6-8-13/h5-8,10,17,19H,4,9,11H2,1-3H3. The van der Waals surface area contributed by atoms with E-state index in [1.807, 2.05) is 38.1 Å². The Morgan fingerprint density at radius 3 is 2.60 bits per heavy atom. The SMILES string of the molecule is CCC(C)(CO)NCc1coc(-c2ccc(C)cc2)n1. The Balaban J connectivity index is 2.04. The predicted molar refractivity (Wildman–Crippen MR) is 79.3 cm³/mol. The summed E-state index contributed by atoms with van der Waals surface area (Å²) in [6, 6.07) is 8.08. The fourth-order valence-corrected chi connectivity index (χ4v) is 1.81. The Morgan fingerprint density at radius 1 is 1.30 bits per heavy atom. The molecule has 1 unspecified atom stereocenters. The Bertz CT molecular complexity index is 542. The predicted octanol–water partition coefficient (Wildman–Crippen LogP) is 2.90. The van der Waals surface area contributed by atoms with E-state index in [1.165, 1.54) is 5.56 Å². The lowest BCUT2D eigenvalue weighted by atomic mass is 10.0. The molecule has 0 amide bonds. The van der Waals surface area contributed by atoms with Gasteiger partial charge in [-0.3, -0.25) is 0 Å². The van der Waals surface area contributed by atoms with Gasteiger partial charge in [0.25, 0.3) is 0 Å². The first-order valence-electron chi connectivity index (χ1n) is 6.93. The van der Waals surface area contributed by atoms with Crippen LogP contribution < -0.4 is 5.32 Å². The van der Waals surface area contributed by atoms with Crippen LogP contribution in [-0.2, 0) is 6.54 Å². The van der Waals surface area contributed by atoms with Gasteiger partial charge in [0.05, 0.1) is 12.3 Å². The lowest BCUT2D eigenvalue weighted by Crippen LogP contribution is -2.44. The normalized spacial score (nSPS) is 14.2. The van der Waals surface area contributed by atoms with Crippen LogP contribution in [0.4, 0.5) is 0 Å². The van der Waals surface area contributed by atoms with Crippen molar-refractivity contribution in [1.29, 1.82) is 0 Å². The zero-order valence-electron chi connectivity index (χ0n) is 12.3. The number of benzene rings is 1. The zero-order valence-corrected chi connectivity index (χ0v) is 12.3. The molecule has 0 aliphatic rings. The van der Waals surface area contributed by atoms with Crippen LogP contribution in [0.25, 0.3) is 11.5 Å². The molecule has 4 heteroatoms. The van der Waals surface area contributed by atoms with Gasteiger partial charge in [0, 0.05) is 17.6 Å². The smallest absolute Gasteiger partial charge is 0.226 e. The van der Waals surface area contributed by atoms with Gasteiger partial charge < -0.3 is 14.8 Å². The Morgan fingerprint density at radius 2 is 2.00 bits per heavy atom. The molecule has 2 aromatic rings. The first-order valence-corrected chi connectivity index (χ1v) is 6.93. The third-order valence-electron chi connectivity index (χ3n) is 3.68. The number of hydrogen-bond acceptors (Lipinski definition) is 4. The molecule has 1 aromatic carbocycles. The second-order valence-electron chi connectivity index (χ2n) is 5.44. The Labute approximate surface area is 119 Å². The second-order valence-corrected chi connectivity index (χ2v) is 5.44. The van der Waals surface area contributed by atoms with Crippen LogP contribution >= 0.6 is 0 Å². The van der Waals surface area contributed by atoms with Crippen LogP contribution in [0, 0.1) is 6.92 Å². The molecular weight excluding hydrogens is 252 g/mol. The van der Waals surface area contributed by atoms with E-state index in [2.05, 4.69) is 17.2 Å². The molecule has 1 heterocycles. The highest BCUT2D eigenvalue weighted by Crippen LogP contribution is 2.19. The van der Waals surface area contributed by atoms with Crippen LogP contribution in [0.3, 0.4) is 0 Å². The maximum absolute atomic E-state index is 9.37. The van der Waals surface area contributed by atoms with Crippen molar-refractivity contribution in [1.82, 2.24) is 10.3 Å². The summed E-state index contributed by atoms with van der Waals surface area (Å²) in [5.41, 5.74) is 2.75. The highest BCUT2D eigenvalue weighted by atomic mass is 16.3. The minimum atomic E-state index is -0.275. The van der Waals surface area contributed by atoms with Crippen molar-refractivity contribution in [3.63, 3.8) is 0 Å². The number of rotatable bonds is 6. The van der Waals surface area contributed by atoms with Crippen molar-refractivity contribution in [2.75, 3.05) is 6.61 Å². The van der Waals surface area contributed by atoms with Crippen LogP contribution in [0.1, 0.15) is 31.5 Å². The van der Waals surface area contributed by atoms with Gasteiger partial charge in [-0.15, -0.1) is 0 Å². The fourth-order valence-electron chi connectivity index (χ4n) is 1.81. The van der Waals surface area contributed by atoms with E-state index in [1.54, 1.807) is 6.26 Å². The summed E-state index contributed by atoms with van der Waals surface area (Å²) in [5.74, 6) is 0.629. The van der Waals surface area contributed by atoms with Gasteiger partial charge in [-0.05, 0) is 32.4 Å². The zero-order chi connectivity index (χ0) is 14.6. The van der Waals surface area contributed by atoms with Crippen LogP contribution in [0.2, 0.25) is 0 Å². The Hall–Kier alpha value is -1.65. The number of nitrogens with zero attached hydrogens (tertiary/aromatic N) is 1. The maximum Gasteiger partial charge on any atom is 0.226 e. The molecule has 0 fully saturated rings. The lowest BCUT2D eigenvalue weighted by Gasteiger charge is -2.26.